The van der Waals surface area contributed by atoms with Crippen molar-refractivity contribution in [1.82, 2.24) is 4.31 Å². The maximum Gasteiger partial charge on any atom is 0.252 e. The number of aryl methyl sites for hydroxylation is 1. The molecule has 0 bridgehead atoms. The third-order valence-electron chi connectivity index (χ3n) is 3.01. The van der Waals surface area contributed by atoms with Crippen molar-refractivity contribution in [2.45, 2.75) is 25.2 Å². The van der Waals surface area contributed by atoms with Crippen LogP contribution in [0.15, 0.2) is 17.0 Å². The van der Waals surface area contributed by atoms with Crippen LogP contribution in [0.3, 0.4) is 0 Å². The highest BCUT2D eigenvalue weighted by Crippen LogP contribution is 2.24. The summed E-state index contributed by atoms with van der Waals surface area (Å²) in [6.07, 6.45) is -2.82. The molecule has 0 aliphatic heterocycles. The summed E-state index contributed by atoms with van der Waals surface area (Å²) in [5.41, 5.74) is 7.39. The van der Waals surface area contributed by atoms with E-state index in [2.05, 4.69) is 0 Å². The van der Waals surface area contributed by atoms with Gasteiger partial charge in [-0.25, -0.2) is 17.2 Å². The first kappa shape index (κ1) is 16.8. The zero-order valence-electron chi connectivity index (χ0n) is 11.3. The number of hydrogen-bond donors (Lipinski definition) is 2. The van der Waals surface area contributed by atoms with Gasteiger partial charge in [-0.1, -0.05) is 0 Å². The Morgan fingerprint density at radius 3 is 2.40 bits per heavy atom. The Morgan fingerprint density at radius 2 is 1.95 bits per heavy atom. The molecule has 1 rings (SSSR count). The van der Waals surface area contributed by atoms with Crippen molar-refractivity contribution in [3.05, 3.63) is 23.3 Å². The smallest absolute Gasteiger partial charge is 0.252 e. The van der Waals surface area contributed by atoms with Crippen LogP contribution in [0.1, 0.15) is 11.1 Å². The fraction of sp³-hybridized carbons (Fsp3) is 0.500. The maximum absolute atomic E-state index is 12.5. The largest absolute Gasteiger partial charge is 0.398 e. The summed E-state index contributed by atoms with van der Waals surface area (Å²) < 4.78 is 50.1. The van der Waals surface area contributed by atoms with E-state index in [0.29, 0.717) is 9.87 Å². The fourth-order valence-electron chi connectivity index (χ4n) is 1.73. The van der Waals surface area contributed by atoms with Crippen molar-refractivity contribution in [2.24, 2.45) is 0 Å². The van der Waals surface area contributed by atoms with E-state index in [1.54, 1.807) is 13.8 Å². The van der Waals surface area contributed by atoms with Gasteiger partial charge in [0.1, 0.15) is 0 Å². The molecule has 3 N–H and O–H groups in total. The Labute approximate surface area is 117 Å². The molecule has 20 heavy (non-hydrogen) atoms. The number of benzene rings is 1. The molecule has 0 saturated carbocycles. The highest BCUT2D eigenvalue weighted by Gasteiger charge is 2.27. The number of nitrogens with two attached hydrogens (primary N) is 1. The summed E-state index contributed by atoms with van der Waals surface area (Å²) in [5, 5.41) is 8.84. The average Bonchev–Trinajstić information content (AvgIpc) is 2.34. The van der Waals surface area contributed by atoms with Gasteiger partial charge in [0.05, 0.1) is 18.0 Å². The molecule has 114 valence electrons. The van der Waals surface area contributed by atoms with E-state index in [-0.39, 0.29) is 17.1 Å². The van der Waals surface area contributed by atoms with Crippen LogP contribution in [0.25, 0.3) is 0 Å². The van der Waals surface area contributed by atoms with Crippen molar-refractivity contribution >= 4 is 15.7 Å². The number of nitrogen functional groups attached to an aromatic ring is 1. The summed E-state index contributed by atoms with van der Waals surface area (Å²) >= 11 is 0. The first-order chi connectivity index (χ1) is 9.20. The van der Waals surface area contributed by atoms with Crippen LogP contribution >= 0.6 is 0 Å². The minimum absolute atomic E-state index is 0.146. The molecule has 1 aromatic rings. The molecule has 0 fully saturated rings. The Kier molecular flexibility index (Phi) is 5.43. The Balaban J connectivity index is 3.25. The van der Waals surface area contributed by atoms with Gasteiger partial charge in [0.25, 0.3) is 6.43 Å². The molecule has 0 aliphatic carbocycles. The molecule has 0 amide bonds. The summed E-state index contributed by atoms with van der Waals surface area (Å²) in [6.45, 7) is 1.54. The third-order valence-corrected chi connectivity index (χ3v) is 4.85. The normalized spacial score (nSPS) is 12.3. The van der Waals surface area contributed by atoms with Gasteiger partial charge in [0.2, 0.25) is 10.0 Å². The minimum Gasteiger partial charge on any atom is -0.398 e. The highest BCUT2D eigenvalue weighted by molar-refractivity contribution is 7.89. The van der Waals surface area contributed by atoms with E-state index in [1.165, 1.54) is 12.1 Å². The van der Waals surface area contributed by atoms with E-state index in [1.807, 2.05) is 0 Å². The van der Waals surface area contributed by atoms with Crippen LogP contribution in [0, 0.1) is 13.8 Å². The van der Waals surface area contributed by atoms with E-state index >= 15 is 0 Å². The predicted molar refractivity (Wildman–Crippen MR) is 72.2 cm³/mol. The third kappa shape index (κ3) is 3.65. The summed E-state index contributed by atoms with van der Waals surface area (Å²) in [6, 6.07) is 2.63. The van der Waals surface area contributed by atoms with Crippen LogP contribution in [0.5, 0.6) is 0 Å². The molecule has 1 aromatic carbocycles. The van der Waals surface area contributed by atoms with Crippen LogP contribution in [-0.2, 0) is 10.0 Å². The number of hydrogen-bond acceptors (Lipinski definition) is 4. The van der Waals surface area contributed by atoms with Crippen LogP contribution in [0.2, 0.25) is 0 Å². The average molecular weight is 308 g/mol. The van der Waals surface area contributed by atoms with Crippen molar-refractivity contribution < 1.29 is 22.3 Å². The summed E-state index contributed by atoms with van der Waals surface area (Å²) in [4.78, 5) is -0.146. The number of aliphatic hydroxyl groups excluding tert-OH is 1. The van der Waals surface area contributed by atoms with Gasteiger partial charge in [0.15, 0.2) is 0 Å². The topological polar surface area (TPSA) is 83.6 Å². The molecule has 0 heterocycles. The number of anilines is 1. The number of alkyl halides is 2. The predicted octanol–water partition coefficient (Wildman–Crippen LogP) is 1.13. The lowest BCUT2D eigenvalue weighted by Crippen LogP contribution is -2.37. The molecule has 0 saturated heterocycles. The Morgan fingerprint density at radius 1 is 1.35 bits per heavy atom. The second-order valence-electron chi connectivity index (χ2n) is 4.43. The quantitative estimate of drug-likeness (QED) is 0.772. The first-order valence-corrected chi connectivity index (χ1v) is 7.40. The fourth-order valence-corrected chi connectivity index (χ4v) is 3.26. The van der Waals surface area contributed by atoms with Crippen molar-refractivity contribution in [3.8, 4) is 0 Å². The van der Waals surface area contributed by atoms with Gasteiger partial charge in [-0.15, -0.1) is 0 Å². The zero-order chi connectivity index (χ0) is 15.5. The monoisotopic (exact) mass is 308 g/mol. The second kappa shape index (κ2) is 6.47. The maximum atomic E-state index is 12.5. The van der Waals surface area contributed by atoms with Crippen LogP contribution < -0.4 is 5.73 Å². The number of nitrogens with zero attached hydrogens (tertiary/aromatic N) is 1. The van der Waals surface area contributed by atoms with E-state index < -0.39 is 29.6 Å². The van der Waals surface area contributed by atoms with Crippen molar-refractivity contribution in [3.63, 3.8) is 0 Å². The molecule has 0 aliphatic rings. The SMILES string of the molecule is Cc1cc(S(=O)(=O)N(CCO)CC(F)F)cc(N)c1C. The highest BCUT2D eigenvalue weighted by atomic mass is 32.2. The van der Waals surface area contributed by atoms with E-state index in [9.17, 15) is 17.2 Å². The molecule has 0 unspecified atom stereocenters. The van der Waals surface area contributed by atoms with Gasteiger partial charge in [-0.05, 0) is 37.1 Å². The van der Waals surface area contributed by atoms with Crippen LogP contribution in [0.4, 0.5) is 14.5 Å². The van der Waals surface area contributed by atoms with E-state index in [0.717, 1.165) is 5.56 Å². The van der Waals surface area contributed by atoms with Crippen molar-refractivity contribution in [1.29, 1.82) is 0 Å². The molecule has 0 spiro atoms. The van der Waals surface area contributed by atoms with E-state index in [4.69, 9.17) is 10.8 Å². The van der Waals surface area contributed by atoms with Gasteiger partial charge >= 0.3 is 0 Å². The molecule has 0 radical (unpaired) electrons. The molecular weight excluding hydrogens is 290 g/mol. The summed E-state index contributed by atoms with van der Waals surface area (Å²) in [5.74, 6) is 0. The van der Waals surface area contributed by atoms with Gasteiger partial charge in [0, 0.05) is 12.2 Å². The zero-order valence-corrected chi connectivity index (χ0v) is 12.1. The Hall–Kier alpha value is -1.25. The number of rotatable bonds is 6. The lowest BCUT2D eigenvalue weighted by molar-refractivity contribution is 0.113. The molecule has 5 nitrogen and oxygen atoms in total. The molecule has 0 aromatic heterocycles. The van der Waals surface area contributed by atoms with Gasteiger partial charge in [-0.2, -0.15) is 4.31 Å². The second-order valence-corrected chi connectivity index (χ2v) is 6.37. The van der Waals surface area contributed by atoms with Gasteiger partial charge < -0.3 is 10.8 Å². The molecular formula is C12H18F2N2O3S. The lowest BCUT2D eigenvalue weighted by Gasteiger charge is -2.21. The first-order valence-electron chi connectivity index (χ1n) is 5.96. The number of sulfonamides is 1. The number of aliphatic hydroxyl groups is 1. The van der Waals surface area contributed by atoms with Crippen molar-refractivity contribution in [2.75, 3.05) is 25.4 Å². The van der Waals surface area contributed by atoms with Gasteiger partial charge in [-0.3, -0.25) is 0 Å². The van der Waals surface area contributed by atoms with Crippen LogP contribution in [-0.4, -0.2) is 44.0 Å². The lowest BCUT2D eigenvalue weighted by atomic mass is 10.1. The Bertz CT molecular complexity index is 553. The molecule has 0 atom stereocenters. The minimum atomic E-state index is -4.11. The summed E-state index contributed by atoms with van der Waals surface area (Å²) in [7, 11) is -4.11. The standard InChI is InChI=1S/C12H18F2N2O3S/c1-8-5-10(6-11(15)9(8)2)20(18,19)16(3-4-17)7-12(13)14/h5-6,12,17H,3-4,7,15H2,1-2H3. The molecule has 8 heteroatoms. The number of halogens is 2.